The van der Waals surface area contributed by atoms with E-state index in [9.17, 15) is 0 Å². The van der Waals surface area contributed by atoms with Crippen LogP contribution in [0.3, 0.4) is 0 Å². The average molecular weight is 200 g/mol. The van der Waals surface area contributed by atoms with E-state index in [0.717, 1.165) is 19.0 Å². The minimum absolute atomic E-state index is 0.662. The van der Waals surface area contributed by atoms with Crippen molar-refractivity contribution in [1.82, 2.24) is 5.32 Å². The lowest BCUT2D eigenvalue weighted by Gasteiger charge is -2.19. The fraction of sp³-hybridized carbons (Fsp3) is 1.00. The molecule has 0 fully saturated rings. The van der Waals surface area contributed by atoms with Gasteiger partial charge in [-0.15, -0.1) is 0 Å². The van der Waals surface area contributed by atoms with Crippen molar-refractivity contribution in [2.24, 2.45) is 11.7 Å². The lowest BCUT2D eigenvalue weighted by atomic mass is 10.0. The predicted molar refractivity (Wildman–Crippen MR) is 64.4 cm³/mol. The van der Waals surface area contributed by atoms with Gasteiger partial charge in [0.1, 0.15) is 0 Å². The van der Waals surface area contributed by atoms with Gasteiger partial charge in [-0.25, -0.2) is 0 Å². The van der Waals surface area contributed by atoms with Gasteiger partial charge in [0.2, 0.25) is 0 Å². The highest BCUT2D eigenvalue weighted by molar-refractivity contribution is 4.66. The van der Waals surface area contributed by atoms with Crippen LogP contribution in [0, 0.1) is 5.92 Å². The van der Waals surface area contributed by atoms with E-state index in [1.165, 1.54) is 32.1 Å². The monoisotopic (exact) mass is 200 g/mol. The largest absolute Gasteiger partial charge is 0.330 e. The fourth-order valence-electron chi connectivity index (χ4n) is 1.51. The topological polar surface area (TPSA) is 38.0 Å². The Balaban J connectivity index is 3.18. The van der Waals surface area contributed by atoms with Gasteiger partial charge >= 0.3 is 0 Å². The van der Waals surface area contributed by atoms with Crippen LogP contribution in [0.5, 0.6) is 0 Å². The molecule has 0 saturated heterocycles. The summed E-state index contributed by atoms with van der Waals surface area (Å²) in [6.07, 6.45) is 6.34. The van der Waals surface area contributed by atoms with Crippen molar-refractivity contribution in [3.05, 3.63) is 0 Å². The summed E-state index contributed by atoms with van der Waals surface area (Å²) in [6.45, 7) is 8.86. The predicted octanol–water partition coefficient (Wildman–Crippen LogP) is 2.53. The maximum absolute atomic E-state index is 5.43. The van der Waals surface area contributed by atoms with Crippen molar-refractivity contribution in [3.63, 3.8) is 0 Å². The molecule has 14 heavy (non-hydrogen) atoms. The first kappa shape index (κ1) is 13.9. The molecule has 0 aliphatic carbocycles. The molecule has 0 heterocycles. The molecule has 0 bridgehead atoms. The summed E-state index contributed by atoms with van der Waals surface area (Å²) in [7, 11) is 0. The van der Waals surface area contributed by atoms with Crippen molar-refractivity contribution in [2.75, 3.05) is 13.1 Å². The highest BCUT2D eigenvalue weighted by atomic mass is 14.9. The Kier molecular flexibility index (Phi) is 9.42. The number of nitrogens with one attached hydrogen (secondary N) is 1. The lowest BCUT2D eigenvalue weighted by molar-refractivity contribution is 0.386. The SMILES string of the molecule is CCC(C)C(C)NCCCCCCN. The smallest absolute Gasteiger partial charge is 0.00642 e. The number of unbranched alkanes of at least 4 members (excludes halogenated alkanes) is 3. The Morgan fingerprint density at radius 2 is 1.71 bits per heavy atom. The summed E-state index contributed by atoms with van der Waals surface area (Å²) in [5.74, 6) is 0.791. The molecular formula is C12H28N2. The van der Waals surface area contributed by atoms with E-state index in [0.29, 0.717) is 6.04 Å². The molecule has 0 radical (unpaired) electrons. The second-order valence-electron chi connectivity index (χ2n) is 4.33. The van der Waals surface area contributed by atoms with Crippen LogP contribution >= 0.6 is 0 Å². The molecule has 0 aromatic heterocycles. The molecule has 2 nitrogen and oxygen atoms in total. The minimum atomic E-state index is 0.662. The highest BCUT2D eigenvalue weighted by Crippen LogP contribution is 2.06. The van der Waals surface area contributed by atoms with Crippen molar-refractivity contribution in [2.45, 2.75) is 58.9 Å². The summed E-state index contributed by atoms with van der Waals surface area (Å²) < 4.78 is 0. The number of hydrogen-bond acceptors (Lipinski definition) is 2. The Morgan fingerprint density at radius 1 is 1.07 bits per heavy atom. The first-order chi connectivity index (χ1) is 6.72. The van der Waals surface area contributed by atoms with Crippen molar-refractivity contribution >= 4 is 0 Å². The van der Waals surface area contributed by atoms with E-state index in [-0.39, 0.29) is 0 Å². The Labute approximate surface area is 89.6 Å². The van der Waals surface area contributed by atoms with Crippen molar-refractivity contribution in [3.8, 4) is 0 Å². The number of rotatable bonds is 9. The summed E-state index contributed by atoms with van der Waals surface area (Å²) in [4.78, 5) is 0. The van der Waals surface area contributed by atoms with Gasteiger partial charge in [-0.3, -0.25) is 0 Å². The molecule has 0 saturated carbocycles. The summed E-state index contributed by atoms with van der Waals surface area (Å²) in [6, 6.07) is 0.662. The molecule has 3 N–H and O–H groups in total. The molecule has 0 amide bonds. The van der Waals surface area contributed by atoms with E-state index in [2.05, 4.69) is 26.1 Å². The van der Waals surface area contributed by atoms with Gasteiger partial charge in [0.05, 0.1) is 0 Å². The van der Waals surface area contributed by atoms with E-state index in [1.807, 2.05) is 0 Å². The number of nitrogens with two attached hydrogens (primary N) is 1. The Bertz CT molecular complexity index is 115. The molecule has 0 aliphatic rings. The first-order valence-corrected chi connectivity index (χ1v) is 6.15. The van der Waals surface area contributed by atoms with E-state index < -0.39 is 0 Å². The van der Waals surface area contributed by atoms with Crippen LogP contribution in [0.25, 0.3) is 0 Å². The average Bonchev–Trinajstić information content (AvgIpc) is 2.21. The van der Waals surface area contributed by atoms with Gasteiger partial charge in [0.25, 0.3) is 0 Å². The number of hydrogen-bond donors (Lipinski definition) is 2. The summed E-state index contributed by atoms with van der Waals surface area (Å²) >= 11 is 0. The molecular weight excluding hydrogens is 172 g/mol. The minimum Gasteiger partial charge on any atom is -0.330 e. The normalized spacial score (nSPS) is 15.4. The standard InChI is InChI=1S/C12H28N2/c1-4-11(2)12(3)14-10-8-6-5-7-9-13/h11-12,14H,4-10,13H2,1-3H3. The van der Waals surface area contributed by atoms with Gasteiger partial charge in [-0.1, -0.05) is 33.1 Å². The molecule has 0 aromatic rings. The fourth-order valence-corrected chi connectivity index (χ4v) is 1.51. The lowest BCUT2D eigenvalue weighted by Crippen LogP contribution is -2.32. The first-order valence-electron chi connectivity index (χ1n) is 6.15. The van der Waals surface area contributed by atoms with Crippen LogP contribution in [-0.2, 0) is 0 Å². The van der Waals surface area contributed by atoms with Gasteiger partial charge < -0.3 is 11.1 Å². The van der Waals surface area contributed by atoms with E-state index in [1.54, 1.807) is 0 Å². The van der Waals surface area contributed by atoms with E-state index >= 15 is 0 Å². The van der Waals surface area contributed by atoms with Gasteiger partial charge in [-0.05, 0) is 38.8 Å². The van der Waals surface area contributed by atoms with Crippen LogP contribution < -0.4 is 11.1 Å². The van der Waals surface area contributed by atoms with Crippen LogP contribution in [0.1, 0.15) is 52.9 Å². The van der Waals surface area contributed by atoms with E-state index in [4.69, 9.17) is 5.73 Å². The van der Waals surface area contributed by atoms with Gasteiger partial charge in [0, 0.05) is 6.04 Å². The Morgan fingerprint density at radius 3 is 2.29 bits per heavy atom. The van der Waals surface area contributed by atoms with Gasteiger partial charge in [-0.2, -0.15) is 0 Å². The molecule has 2 heteroatoms. The van der Waals surface area contributed by atoms with Crippen molar-refractivity contribution in [1.29, 1.82) is 0 Å². The molecule has 2 atom stereocenters. The Hall–Kier alpha value is -0.0800. The zero-order valence-electron chi connectivity index (χ0n) is 10.2. The second-order valence-corrected chi connectivity index (χ2v) is 4.33. The van der Waals surface area contributed by atoms with Crippen molar-refractivity contribution < 1.29 is 0 Å². The molecule has 0 spiro atoms. The second kappa shape index (κ2) is 9.47. The van der Waals surface area contributed by atoms with Crippen LogP contribution in [-0.4, -0.2) is 19.1 Å². The highest BCUT2D eigenvalue weighted by Gasteiger charge is 2.07. The molecule has 0 rings (SSSR count). The third-order valence-corrected chi connectivity index (χ3v) is 3.09. The third-order valence-electron chi connectivity index (χ3n) is 3.09. The summed E-state index contributed by atoms with van der Waals surface area (Å²) in [5.41, 5.74) is 5.43. The molecule has 86 valence electrons. The third kappa shape index (κ3) is 7.34. The zero-order valence-corrected chi connectivity index (χ0v) is 10.2. The van der Waals surface area contributed by atoms with Crippen LogP contribution in [0.15, 0.2) is 0 Å². The zero-order chi connectivity index (χ0) is 10.8. The molecule has 0 aliphatic heterocycles. The van der Waals surface area contributed by atoms with Crippen LogP contribution in [0.4, 0.5) is 0 Å². The maximum Gasteiger partial charge on any atom is 0.00642 e. The van der Waals surface area contributed by atoms with Crippen LogP contribution in [0.2, 0.25) is 0 Å². The summed E-state index contributed by atoms with van der Waals surface area (Å²) in [5, 5.41) is 3.58. The maximum atomic E-state index is 5.43. The molecule has 0 aromatic carbocycles. The molecule has 2 unspecified atom stereocenters. The quantitative estimate of drug-likeness (QED) is 0.561. The van der Waals surface area contributed by atoms with Gasteiger partial charge in [0.15, 0.2) is 0 Å².